The predicted molar refractivity (Wildman–Crippen MR) is 83.1 cm³/mol. The molecule has 0 aromatic carbocycles. The van der Waals surface area contributed by atoms with Gasteiger partial charge in [0.1, 0.15) is 4.47 Å². The van der Waals surface area contributed by atoms with Gasteiger partial charge in [-0.1, -0.05) is 13.8 Å². The molecular formula is C14H22BrN3O2. The molecule has 2 unspecified atom stereocenters. The summed E-state index contributed by atoms with van der Waals surface area (Å²) < 4.78 is 7.73. The van der Waals surface area contributed by atoms with Crippen LogP contribution in [0.1, 0.15) is 33.1 Å². The van der Waals surface area contributed by atoms with Gasteiger partial charge in [0.05, 0.1) is 18.0 Å². The van der Waals surface area contributed by atoms with Gasteiger partial charge >= 0.3 is 0 Å². The number of hydrogen-bond donors (Lipinski definition) is 1. The van der Waals surface area contributed by atoms with E-state index in [2.05, 4.69) is 33.3 Å². The molecule has 0 bridgehead atoms. The highest BCUT2D eigenvalue weighted by molar-refractivity contribution is 9.10. The van der Waals surface area contributed by atoms with Crippen molar-refractivity contribution in [2.45, 2.75) is 45.8 Å². The fourth-order valence-electron chi connectivity index (χ4n) is 2.58. The first-order chi connectivity index (χ1) is 9.67. The Labute approximate surface area is 127 Å². The summed E-state index contributed by atoms with van der Waals surface area (Å²) in [4.78, 5) is 12.1. The molecule has 1 fully saturated rings. The summed E-state index contributed by atoms with van der Waals surface area (Å²) in [5, 5.41) is 7.52. The summed E-state index contributed by atoms with van der Waals surface area (Å²) in [6.07, 6.45) is 5.05. The van der Waals surface area contributed by atoms with E-state index in [1.807, 2.05) is 6.92 Å². The number of aromatic nitrogens is 2. The molecule has 1 N–H and O–H groups in total. The molecule has 0 aliphatic carbocycles. The van der Waals surface area contributed by atoms with Crippen LogP contribution in [0, 0.1) is 5.92 Å². The SMILES string of the molecule is CCCn1ncc(NCC2CCOC2CC)c(Br)c1=O. The first-order valence-corrected chi connectivity index (χ1v) is 8.07. The molecule has 5 nitrogen and oxygen atoms in total. The van der Waals surface area contributed by atoms with Crippen LogP contribution in [-0.4, -0.2) is 29.0 Å². The molecule has 112 valence electrons. The maximum atomic E-state index is 12.1. The normalized spacial score (nSPS) is 22.1. The second-order valence-corrected chi connectivity index (χ2v) is 5.94. The Kier molecular flexibility index (Phi) is 5.60. The molecule has 0 radical (unpaired) electrons. The molecule has 1 aromatic rings. The number of nitrogens with zero attached hydrogens (tertiary/aromatic N) is 2. The van der Waals surface area contributed by atoms with Crippen LogP contribution < -0.4 is 10.9 Å². The van der Waals surface area contributed by atoms with E-state index in [0.29, 0.717) is 23.0 Å². The quantitative estimate of drug-likeness (QED) is 0.862. The summed E-state index contributed by atoms with van der Waals surface area (Å²) in [5.41, 5.74) is 0.690. The molecule has 2 atom stereocenters. The van der Waals surface area contributed by atoms with Gasteiger partial charge in [0.25, 0.3) is 5.56 Å². The second-order valence-electron chi connectivity index (χ2n) is 5.15. The van der Waals surface area contributed by atoms with Crippen LogP contribution >= 0.6 is 15.9 Å². The van der Waals surface area contributed by atoms with Crippen molar-refractivity contribution in [3.05, 3.63) is 21.0 Å². The number of ether oxygens (including phenoxy) is 1. The number of nitrogens with one attached hydrogen (secondary N) is 1. The zero-order valence-electron chi connectivity index (χ0n) is 12.1. The van der Waals surface area contributed by atoms with Crippen LogP contribution in [0.15, 0.2) is 15.5 Å². The molecule has 2 heterocycles. The third-order valence-corrected chi connectivity index (χ3v) is 4.49. The monoisotopic (exact) mass is 343 g/mol. The van der Waals surface area contributed by atoms with Crippen molar-refractivity contribution in [3.8, 4) is 0 Å². The molecule has 0 spiro atoms. The average molecular weight is 344 g/mol. The number of anilines is 1. The molecule has 1 aliphatic rings. The average Bonchev–Trinajstić information content (AvgIpc) is 2.91. The van der Waals surface area contributed by atoms with Gasteiger partial charge in [0, 0.05) is 25.6 Å². The van der Waals surface area contributed by atoms with Crippen LogP contribution in [0.25, 0.3) is 0 Å². The predicted octanol–water partition coefficient (Wildman–Crippen LogP) is 2.64. The van der Waals surface area contributed by atoms with E-state index in [4.69, 9.17) is 4.74 Å². The molecule has 20 heavy (non-hydrogen) atoms. The van der Waals surface area contributed by atoms with E-state index in [-0.39, 0.29) is 5.56 Å². The summed E-state index contributed by atoms with van der Waals surface area (Å²) in [6.45, 7) is 6.47. The van der Waals surface area contributed by atoms with Gasteiger partial charge in [-0.15, -0.1) is 0 Å². The van der Waals surface area contributed by atoms with E-state index in [9.17, 15) is 4.79 Å². The maximum absolute atomic E-state index is 12.1. The van der Waals surface area contributed by atoms with Crippen molar-refractivity contribution in [1.29, 1.82) is 0 Å². The molecule has 2 rings (SSSR count). The van der Waals surface area contributed by atoms with E-state index in [0.717, 1.165) is 38.1 Å². The van der Waals surface area contributed by atoms with E-state index in [1.54, 1.807) is 6.20 Å². The molecule has 1 aliphatic heterocycles. The number of aryl methyl sites for hydroxylation is 1. The highest BCUT2D eigenvalue weighted by atomic mass is 79.9. The summed E-state index contributed by atoms with van der Waals surface area (Å²) >= 11 is 3.38. The van der Waals surface area contributed by atoms with E-state index < -0.39 is 0 Å². The number of hydrogen-bond acceptors (Lipinski definition) is 4. The highest BCUT2D eigenvalue weighted by Crippen LogP contribution is 2.25. The Hall–Kier alpha value is -0.880. The Morgan fingerprint density at radius 1 is 1.55 bits per heavy atom. The number of rotatable bonds is 6. The van der Waals surface area contributed by atoms with Gasteiger partial charge in [-0.3, -0.25) is 4.79 Å². The van der Waals surface area contributed by atoms with Crippen molar-refractivity contribution in [1.82, 2.24) is 9.78 Å². The smallest absolute Gasteiger partial charge is 0.283 e. The fraction of sp³-hybridized carbons (Fsp3) is 0.714. The Morgan fingerprint density at radius 2 is 2.35 bits per heavy atom. The Balaban J connectivity index is 2.03. The van der Waals surface area contributed by atoms with Crippen LogP contribution in [0.2, 0.25) is 0 Å². The minimum absolute atomic E-state index is 0.0773. The zero-order valence-corrected chi connectivity index (χ0v) is 13.6. The van der Waals surface area contributed by atoms with Crippen molar-refractivity contribution in [2.75, 3.05) is 18.5 Å². The summed E-state index contributed by atoms with van der Waals surface area (Å²) in [7, 11) is 0. The molecule has 1 aromatic heterocycles. The lowest BCUT2D eigenvalue weighted by atomic mass is 10.00. The molecular weight excluding hydrogens is 322 g/mol. The topological polar surface area (TPSA) is 56.1 Å². The minimum Gasteiger partial charge on any atom is -0.382 e. The summed E-state index contributed by atoms with van der Waals surface area (Å²) in [6, 6.07) is 0. The maximum Gasteiger partial charge on any atom is 0.283 e. The van der Waals surface area contributed by atoms with Gasteiger partial charge in [0.15, 0.2) is 0 Å². The van der Waals surface area contributed by atoms with Crippen molar-refractivity contribution >= 4 is 21.6 Å². The number of halogens is 1. The van der Waals surface area contributed by atoms with Gasteiger partial charge in [-0.2, -0.15) is 5.10 Å². The summed E-state index contributed by atoms with van der Waals surface area (Å²) in [5.74, 6) is 0.505. The second kappa shape index (κ2) is 7.22. The fourth-order valence-corrected chi connectivity index (χ4v) is 3.03. The van der Waals surface area contributed by atoms with Crippen molar-refractivity contribution in [3.63, 3.8) is 0 Å². The van der Waals surface area contributed by atoms with E-state index >= 15 is 0 Å². The third kappa shape index (κ3) is 3.41. The molecule has 6 heteroatoms. The van der Waals surface area contributed by atoms with Crippen molar-refractivity contribution in [2.24, 2.45) is 5.92 Å². The van der Waals surface area contributed by atoms with Crippen LogP contribution in [0.3, 0.4) is 0 Å². The minimum atomic E-state index is -0.0773. The third-order valence-electron chi connectivity index (χ3n) is 3.72. The molecule has 1 saturated heterocycles. The van der Waals surface area contributed by atoms with Gasteiger partial charge in [-0.05, 0) is 35.2 Å². The Morgan fingerprint density at radius 3 is 3.05 bits per heavy atom. The lowest BCUT2D eigenvalue weighted by Gasteiger charge is -2.18. The van der Waals surface area contributed by atoms with Gasteiger partial charge in [-0.25, -0.2) is 4.68 Å². The van der Waals surface area contributed by atoms with Crippen LogP contribution in [0.5, 0.6) is 0 Å². The standard InChI is InChI=1S/C14H22BrN3O2/c1-3-6-18-14(19)13(15)11(9-17-18)16-8-10-5-7-20-12(10)4-2/h9-10,12,16H,3-8H2,1-2H3. The van der Waals surface area contributed by atoms with Crippen LogP contribution in [-0.2, 0) is 11.3 Å². The highest BCUT2D eigenvalue weighted by Gasteiger charge is 2.26. The van der Waals surface area contributed by atoms with Crippen molar-refractivity contribution < 1.29 is 4.74 Å². The lowest BCUT2D eigenvalue weighted by Crippen LogP contribution is -2.27. The first kappa shape index (κ1) is 15.5. The zero-order chi connectivity index (χ0) is 14.5. The first-order valence-electron chi connectivity index (χ1n) is 7.28. The largest absolute Gasteiger partial charge is 0.382 e. The Bertz CT molecular complexity index is 504. The molecule has 0 saturated carbocycles. The lowest BCUT2D eigenvalue weighted by molar-refractivity contribution is 0.0900. The molecule has 0 amide bonds. The van der Waals surface area contributed by atoms with Gasteiger partial charge < -0.3 is 10.1 Å². The van der Waals surface area contributed by atoms with Gasteiger partial charge in [0.2, 0.25) is 0 Å². The van der Waals surface area contributed by atoms with E-state index in [1.165, 1.54) is 4.68 Å². The van der Waals surface area contributed by atoms with Crippen LogP contribution in [0.4, 0.5) is 5.69 Å².